The topological polar surface area (TPSA) is 109 Å². The zero-order valence-corrected chi connectivity index (χ0v) is 19.4. The largest absolute Gasteiger partial charge is 0.467 e. The number of imide groups is 1. The molecule has 1 N–H and O–H groups in total. The lowest BCUT2D eigenvalue weighted by atomic mass is 10.1. The summed E-state index contributed by atoms with van der Waals surface area (Å²) in [6.07, 6.45) is 1.24. The number of ether oxygens (including phenoxy) is 1. The second-order valence-electron chi connectivity index (χ2n) is 8.06. The fourth-order valence-corrected chi connectivity index (χ4v) is 3.81. The van der Waals surface area contributed by atoms with Gasteiger partial charge >= 0.3 is 12.0 Å². The van der Waals surface area contributed by atoms with Crippen LogP contribution in [0.2, 0.25) is 0 Å². The number of carbonyl (C=O) groups is 4. The maximum absolute atomic E-state index is 13.3. The van der Waals surface area contributed by atoms with Gasteiger partial charge in [0.1, 0.15) is 11.8 Å². The normalized spacial score (nSPS) is 15.4. The number of carbonyl (C=O) groups excluding carboxylic acids is 4. The lowest BCUT2D eigenvalue weighted by molar-refractivity contribution is -0.124. The highest BCUT2D eigenvalue weighted by Gasteiger charge is 2.47. The molecule has 0 unspecified atom stereocenters. The Morgan fingerprint density at radius 1 is 1.03 bits per heavy atom. The first-order valence-electron chi connectivity index (χ1n) is 11.2. The molecule has 180 valence electrons. The van der Waals surface area contributed by atoms with Crippen LogP contribution in [0.4, 0.5) is 16.2 Å². The Hall–Kier alpha value is -4.40. The summed E-state index contributed by atoms with van der Waals surface area (Å²) in [4.78, 5) is 53.6. The molecule has 1 saturated heterocycles. The first-order chi connectivity index (χ1) is 16.9. The summed E-state index contributed by atoms with van der Waals surface area (Å²) in [5.74, 6) is -0.893. The average molecular weight is 476 g/mol. The van der Waals surface area contributed by atoms with Crippen molar-refractivity contribution in [2.45, 2.75) is 32.9 Å². The van der Waals surface area contributed by atoms with E-state index in [4.69, 9.17) is 9.15 Å². The number of nitrogens with zero attached hydrogens (tertiary/aromatic N) is 2. The van der Waals surface area contributed by atoms with Crippen LogP contribution in [0.1, 0.15) is 35.0 Å². The van der Waals surface area contributed by atoms with Gasteiger partial charge in [-0.2, -0.15) is 0 Å². The predicted molar refractivity (Wildman–Crippen MR) is 128 cm³/mol. The van der Waals surface area contributed by atoms with E-state index in [0.717, 1.165) is 10.5 Å². The van der Waals surface area contributed by atoms with Crippen LogP contribution in [0.5, 0.6) is 0 Å². The SMILES string of the molecule is CCOC(=O)c1ccc(NC(=O)C[C@@H]2C(=O)N(c3ccc(C)cc3)C(=O)N2Cc2ccco2)cc1. The minimum absolute atomic E-state index is 0.0477. The van der Waals surface area contributed by atoms with Gasteiger partial charge in [0.25, 0.3) is 5.91 Å². The van der Waals surface area contributed by atoms with Crippen LogP contribution >= 0.6 is 0 Å². The Morgan fingerprint density at radius 2 is 1.74 bits per heavy atom. The van der Waals surface area contributed by atoms with Gasteiger partial charge in [-0.05, 0) is 62.4 Å². The van der Waals surface area contributed by atoms with Crippen molar-refractivity contribution in [3.63, 3.8) is 0 Å². The molecule has 4 amide bonds. The van der Waals surface area contributed by atoms with Crippen molar-refractivity contribution in [3.8, 4) is 0 Å². The second-order valence-corrected chi connectivity index (χ2v) is 8.06. The number of esters is 1. The van der Waals surface area contributed by atoms with Crippen molar-refractivity contribution >= 4 is 35.2 Å². The fraction of sp³-hybridized carbons (Fsp3) is 0.231. The monoisotopic (exact) mass is 475 g/mol. The number of anilines is 2. The molecule has 0 saturated carbocycles. The number of hydrogen-bond donors (Lipinski definition) is 1. The summed E-state index contributed by atoms with van der Waals surface area (Å²) < 4.78 is 10.3. The van der Waals surface area contributed by atoms with Crippen LogP contribution in [0, 0.1) is 6.92 Å². The zero-order valence-electron chi connectivity index (χ0n) is 19.4. The van der Waals surface area contributed by atoms with Gasteiger partial charge in [-0.25, -0.2) is 14.5 Å². The van der Waals surface area contributed by atoms with Crippen LogP contribution in [0.25, 0.3) is 0 Å². The van der Waals surface area contributed by atoms with Crippen molar-refractivity contribution in [2.75, 3.05) is 16.8 Å². The number of aryl methyl sites for hydroxylation is 1. The highest BCUT2D eigenvalue weighted by Crippen LogP contribution is 2.29. The van der Waals surface area contributed by atoms with Gasteiger partial charge < -0.3 is 19.4 Å². The molecule has 0 aliphatic carbocycles. The maximum atomic E-state index is 13.3. The molecule has 3 aromatic rings. The highest BCUT2D eigenvalue weighted by molar-refractivity contribution is 6.22. The molecule has 1 atom stereocenters. The Balaban J connectivity index is 1.51. The third kappa shape index (κ3) is 5.24. The summed E-state index contributed by atoms with van der Waals surface area (Å²) in [6, 6.07) is 15.1. The summed E-state index contributed by atoms with van der Waals surface area (Å²) >= 11 is 0. The molecule has 1 aromatic heterocycles. The van der Waals surface area contributed by atoms with Gasteiger partial charge in [-0.3, -0.25) is 9.59 Å². The van der Waals surface area contributed by atoms with Crippen LogP contribution < -0.4 is 10.2 Å². The van der Waals surface area contributed by atoms with Gasteiger partial charge in [0.05, 0.1) is 37.1 Å². The quantitative estimate of drug-likeness (QED) is 0.388. The van der Waals surface area contributed by atoms with Gasteiger partial charge in [-0.15, -0.1) is 0 Å². The van der Waals surface area contributed by atoms with Crippen molar-refractivity contribution in [1.29, 1.82) is 0 Å². The summed E-state index contributed by atoms with van der Waals surface area (Å²) in [5.41, 5.74) is 2.24. The van der Waals surface area contributed by atoms with E-state index in [9.17, 15) is 19.2 Å². The van der Waals surface area contributed by atoms with E-state index >= 15 is 0 Å². The van der Waals surface area contributed by atoms with E-state index in [1.165, 1.54) is 11.2 Å². The number of furan rings is 1. The first-order valence-corrected chi connectivity index (χ1v) is 11.2. The Labute approximate surface area is 202 Å². The molecule has 9 nitrogen and oxygen atoms in total. The minimum Gasteiger partial charge on any atom is -0.467 e. The average Bonchev–Trinajstić information content (AvgIpc) is 3.43. The Kier molecular flexibility index (Phi) is 6.96. The molecule has 2 aromatic carbocycles. The van der Waals surface area contributed by atoms with Crippen molar-refractivity contribution in [2.24, 2.45) is 0 Å². The van der Waals surface area contributed by atoms with Gasteiger partial charge in [0.2, 0.25) is 5.91 Å². The molecule has 2 heterocycles. The number of hydrogen-bond acceptors (Lipinski definition) is 6. The Bertz CT molecular complexity index is 1220. The molecule has 1 aliphatic rings. The zero-order chi connectivity index (χ0) is 24.9. The molecular weight excluding hydrogens is 450 g/mol. The van der Waals surface area contributed by atoms with E-state index in [-0.39, 0.29) is 19.6 Å². The van der Waals surface area contributed by atoms with Crippen LogP contribution in [-0.4, -0.2) is 41.4 Å². The van der Waals surface area contributed by atoms with E-state index in [1.54, 1.807) is 55.5 Å². The highest BCUT2D eigenvalue weighted by atomic mass is 16.5. The predicted octanol–water partition coefficient (Wildman–Crippen LogP) is 4.13. The molecule has 1 aliphatic heterocycles. The van der Waals surface area contributed by atoms with Crippen LogP contribution in [0.3, 0.4) is 0 Å². The lowest BCUT2D eigenvalue weighted by Crippen LogP contribution is -2.37. The number of benzene rings is 2. The molecule has 0 radical (unpaired) electrons. The molecule has 4 rings (SSSR count). The van der Waals surface area contributed by atoms with Gasteiger partial charge in [-0.1, -0.05) is 17.7 Å². The number of urea groups is 1. The molecule has 0 spiro atoms. The fourth-order valence-electron chi connectivity index (χ4n) is 3.81. The number of rotatable bonds is 8. The molecule has 9 heteroatoms. The van der Waals surface area contributed by atoms with Gasteiger partial charge in [0, 0.05) is 5.69 Å². The third-order valence-corrected chi connectivity index (χ3v) is 5.58. The molecule has 35 heavy (non-hydrogen) atoms. The maximum Gasteiger partial charge on any atom is 0.338 e. The van der Waals surface area contributed by atoms with E-state index in [1.807, 2.05) is 19.1 Å². The summed E-state index contributed by atoms with van der Waals surface area (Å²) in [5, 5.41) is 2.72. The van der Waals surface area contributed by atoms with E-state index in [0.29, 0.717) is 22.7 Å². The standard InChI is InChI=1S/C26H25N3O6/c1-3-34-25(32)18-8-10-19(11-9-18)27-23(30)15-22-24(31)29(20-12-6-17(2)7-13-20)26(33)28(22)16-21-5-4-14-35-21/h4-14,22H,3,15-16H2,1-2H3,(H,27,30)/t22-/m1/s1. The second kappa shape index (κ2) is 10.3. The summed E-state index contributed by atoms with van der Waals surface area (Å²) in [6.45, 7) is 3.94. The van der Waals surface area contributed by atoms with E-state index < -0.39 is 29.9 Å². The minimum atomic E-state index is -1.01. The molecule has 0 bridgehead atoms. The number of amides is 4. The number of nitrogens with one attached hydrogen (secondary N) is 1. The smallest absolute Gasteiger partial charge is 0.338 e. The van der Waals surface area contributed by atoms with Gasteiger partial charge in [0.15, 0.2) is 0 Å². The van der Waals surface area contributed by atoms with Crippen LogP contribution in [0.15, 0.2) is 71.3 Å². The first kappa shape index (κ1) is 23.7. The molecular formula is C26H25N3O6. The summed E-state index contributed by atoms with van der Waals surface area (Å²) in [7, 11) is 0. The lowest BCUT2D eigenvalue weighted by Gasteiger charge is -2.20. The van der Waals surface area contributed by atoms with Crippen molar-refractivity contribution in [3.05, 3.63) is 83.8 Å². The van der Waals surface area contributed by atoms with Crippen molar-refractivity contribution in [1.82, 2.24) is 4.90 Å². The van der Waals surface area contributed by atoms with Crippen LogP contribution in [-0.2, 0) is 20.9 Å². The van der Waals surface area contributed by atoms with E-state index in [2.05, 4.69) is 5.32 Å². The Morgan fingerprint density at radius 3 is 2.37 bits per heavy atom. The molecule has 1 fully saturated rings. The van der Waals surface area contributed by atoms with Crippen molar-refractivity contribution < 1.29 is 28.3 Å². The third-order valence-electron chi connectivity index (χ3n) is 5.58.